The van der Waals surface area contributed by atoms with Crippen LogP contribution in [0, 0.1) is 0 Å². The van der Waals surface area contributed by atoms with Crippen molar-refractivity contribution in [3.05, 3.63) is 23.9 Å². The van der Waals surface area contributed by atoms with Gasteiger partial charge in [-0.15, -0.1) is 0 Å². The lowest BCUT2D eigenvalue weighted by Gasteiger charge is -2.10. The van der Waals surface area contributed by atoms with Crippen LogP contribution in [0.2, 0.25) is 0 Å². The van der Waals surface area contributed by atoms with Gasteiger partial charge in [0.1, 0.15) is 10.8 Å². The molecule has 4 nitrogen and oxygen atoms in total. The van der Waals surface area contributed by atoms with Crippen molar-refractivity contribution in [2.45, 2.75) is 12.2 Å². The monoisotopic (exact) mass is 257 g/mol. The van der Waals surface area contributed by atoms with Crippen LogP contribution >= 0.6 is 12.2 Å². The highest BCUT2D eigenvalue weighted by molar-refractivity contribution is 7.84. The second kappa shape index (κ2) is 5.91. The summed E-state index contributed by atoms with van der Waals surface area (Å²) in [5.74, 6) is 0.697. The van der Waals surface area contributed by atoms with E-state index in [0.717, 1.165) is 5.56 Å². The summed E-state index contributed by atoms with van der Waals surface area (Å²) in [7, 11) is -0.839. The minimum absolute atomic E-state index is 0.0790. The molecule has 0 bridgehead atoms. The van der Waals surface area contributed by atoms with E-state index in [1.165, 1.54) is 0 Å². The number of nitrogens with zero attached hydrogens (tertiary/aromatic N) is 1. The molecule has 0 aliphatic carbocycles. The van der Waals surface area contributed by atoms with Gasteiger partial charge < -0.3 is 11.1 Å². The van der Waals surface area contributed by atoms with Crippen LogP contribution in [-0.2, 0) is 10.8 Å². The van der Waals surface area contributed by atoms with Crippen LogP contribution in [0.25, 0.3) is 0 Å². The molecule has 1 heterocycles. The molecule has 0 aliphatic heterocycles. The summed E-state index contributed by atoms with van der Waals surface area (Å²) >= 11 is 4.87. The van der Waals surface area contributed by atoms with Gasteiger partial charge in [-0.3, -0.25) is 4.21 Å². The molecule has 2 atom stereocenters. The highest BCUT2D eigenvalue weighted by atomic mass is 32.2. The van der Waals surface area contributed by atoms with Crippen molar-refractivity contribution in [3.8, 4) is 0 Å². The molecule has 6 heteroatoms. The number of rotatable bonds is 5. The van der Waals surface area contributed by atoms with Crippen LogP contribution in [0.4, 0.5) is 5.82 Å². The van der Waals surface area contributed by atoms with E-state index in [0.29, 0.717) is 17.4 Å². The minimum Gasteiger partial charge on any atom is -0.389 e. The third kappa shape index (κ3) is 3.86. The fraction of sp³-hybridized carbons (Fsp3) is 0.400. The van der Waals surface area contributed by atoms with Crippen molar-refractivity contribution in [1.82, 2.24) is 4.98 Å². The molecule has 16 heavy (non-hydrogen) atoms. The molecule has 0 aromatic carbocycles. The number of thiocarbonyl (C=S) groups is 1. The molecule has 0 radical (unpaired) electrons. The van der Waals surface area contributed by atoms with E-state index >= 15 is 0 Å². The SMILES string of the molecule is CC(CNc1cc(C(N)=S)ccn1)S(C)=O. The predicted octanol–water partition coefficient (Wildman–Crippen LogP) is 0.895. The van der Waals surface area contributed by atoms with Gasteiger partial charge in [0.2, 0.25) is 0 Å². The zero-order chi connectivity index (χ0) is 12.1. The fourth-order valence-corrected chi connectivity index (χ4v) is 1.49. The quantitative estimate of drug-likeness (QED) is 0.767. The molecule has 0 fully saturated rings. The van der Waals surface area contributed by atoms with Crippen molar-refractivity contribution >= 4 is 33.8 Å². The topological polar surface area (TPSA) is 68.0 Å². The average Bonchev–Trinajstić information content (AvgIpc) is 2.26. The molecule has 1 aromatic rings. The molecule has 3 N–H and O–H groups in total. The summed E-state index contributed by atoms with van der Waals surface area (Å²) in [5, 5.41) is 3.18. The Labute approximate surface area is 103 Å². The minimum atomic E-state index is -0.839. The Morgan fingerprint density at radius 1 is 1.75 bits per heavy atom. The van der Waals surface area contributed by atoms with Gasteiger partial charge in [-0.1, -0.05) is 12.2 Å². The van der Waals surface area contributed by atoms with Gasteiger partial charge in [0, 0.05) is 40.6 Å². The molecule has 0 spiro atoms. The van der Waals surface area contributed by atoms with Gasteiger partial charge in [0.15, 0.2) is 0 Å². The molecule has 0 aliphatic rings. The summed E-state index contributed by atoms with van der Waals surface area (Å²) in [6, 6.07) is 3.54. The summed E-state index contributed by atoms with van der Waals surface area (Å²) in [6.07, 6.45) is 3.33. The van der Waals surface area contributed by atoms with Gasteiger partial charge in [-0.25, -0.2) is 4.98 Å². The first-order chi connectivity index (χ1) is 7.50. The van der Waals surface area contributed by atoms with Crippen molar-refractivity contribution in [3.63, 3.8) is 0 Å². The molecule has 0 saturated carbocycles. The Morgan fingerprint density at radius 2 is 2.44 bits per heavy atom. The zero-order valence-electron chi connectivity index (χ0n) is 9.27. The smallest absolute Gasteiger partial charge is 0.126 e. The molecule has 88 valence electrons. The lowest BCUT2D eigenvalue weighted by atomic mass is 10.2. The van der Waals surface area contributed by atoms with E-state index in [1.807, 2.05) is 6.92 Å². The van der Waals surface area contributed by atoms with Gasteiger partial charge in [-0.05, 0) is 19.1 Å². The first kappa shape index (κ1) is 13.1. The van der Waals surface area contributed by atoms with E-state index in [9.17, 15) is 4.21 Å². The fourth-order valence-electron chi connectivity index (χ4n) is 1.05. The van der Waals surface area contributed by atoms with Crippen LogP contribution in [0.15, 0.2) is 18.3 Å². The Hall–Kier alpha value is -1.01. The van der Waals surface area contributed by atoms with E-state index in [1.54, 1.807) is 24.6 Å². The molecule has 1 rings (SSSR count). The summed E-state index contributed by atoms with van der Waals surface area (Å²) < 4.78 is 11.2. The van der Waals surface area contributed by atoms with Crippen molar-refractivity contribution in [2.24, 2.45) is 5.73 Å². The van der Waals surface area contributed by atoms with Gasteiger partial charge in [0.25, 0.3) is 0 Å². The number of nitrogens with two attached hydrogens (primary N) is 1. The number of nitrogens with one attached hydrogen (secondary N) is 1. The van der Waals surface area contributed by atoms with Crippen molar-refractivity contribution < 1.29 is 4.21 Å². The number of anilines is 1. The Bertz CT molecular complexity index is 409. The summed E-state index contributed by atoms with van der Waals surface area (Å²) in [6.45, 7) is 2.53. The highest BCUT2D eigenvalue weighted by Crippen LogP contribution is 2.07. The number of hydrogen-bond acceptors (Lipinski definition) is 4. The van der Waals surface area contributed by atoms with Crippen molar-refractivity contribution in [1.29, 1.82) is 0 Å². The lowest BCUT2D eigenvalue weighted by Crippen LogP contribution is -2.21. The Balaban J connectivity index is 2.64. The van der Waals surface area contributed by atoms with E-state index in [-0.39, 0.29) is 5.25 Å². The van der Waals surface area contributed by atoms with Crippen LogP contribution in [0.3, 0.4) is 0 Å². The zero-order valence-corrected chi connectivity index (χ0v) is 10.9. The second-order valence-corrected chi connectivity index (χ2v) is 5.73. The van der Waals surface area contributed by atoms with Gasteiger partial charge in [0.05, 0.1) is 0 Å². The van der Waals surface area contributed by atoms with E-state index in [2.05, 4.69) is 10.3 Å². The summed E-state index contributed by atoms with van der Waals surface area (Å²) in [4.78, 5) is 4.47. The first-order valence-electron chi connectivity index (χ1n) is 4.82. The molecule has 1 aromatic heterocycles. The third-order valence-electron chi connectivity index (χ3n) is 2.18. The van der Waals surface area contributed by atoms with E-state index in [4.69, 9.17) is 18.0 Å². The van der Waals surface area contributed by atoms with Crippen molar-refractivity contribution in [2.75, 3.05) is 18.1 Å². The number of aromatic nitrogens is 1. The molecule has 2 unspecified atom stereocenters. The second-order valence-electron chi connectivity index (χ2n) is 3.48. The number of pyridine rings is 1. The standard InChI is InChI=1S/C10H15N3OS2/c1-7(16(2)14)6-13-9-5-8(10(11)15)3-4-12-9/h3-5,7H,6H2,1-2H3,(H2,11,15)(H,12,13). The third-order valence-corrected chi connectivity index (χ3v) is 3.72. The van der Waals surface area contributed by atoms with Crippen LogP contribution in [0.5, 0.6) is 0 Å². The maximum Gasteiger partial charge on any atom is 0.126 e. The molecular weight excluding hydrogens is 242 g/mol. The molecule has 0 saturated heterocycles. The molecule has 0 amide bonds. The summed E-state index contributed by atoms with van der Waals surface area (Å²) in [5.41, 5.74) is 6.29. The molecular formula is C10H15N3OS2. The predicted molar refractivity (Wildman–Crippen MR) is 72.1 cm³/mol. The largest absolute Gasteiger partial charge is 0.389 e. The normalized spacial score (nSPS) is 14.1. The van der Waals surface area contributed by atoms with Crippen LogP contribution < -0.4 is 11.1 Å². The maximum absolute atomic E-state index is 11.2. The first-order valence-corrected chi connectivity index (χ1v) is 6.85. The number of hydrogen-bond donors (Lipinski definition) is 2. The van der Waals surface area contributed by atoms with Gasteiger partial charge >= 0.3 is 0 Å². The lowest BCUT2D eigenvalue weighted by molar-refractivity contribution is 0.679. The Kier molecular flexibility index (Phi) is 4.82. The van der Waals surface area contributed by atoms with Crippen LogP contribution in [-0.4, -0.2) is 32.2 Å². The Morgan fingerprint density at radius 3 is 3.00 bits per heavy atom. The highest BCUT2D eigenvalue weighted by Gasteiger charge is 2.06. The van der Waals surface area contributed by atoms with Gasteiger partial charge in [-0.2, -0.15) is 0 Å². The van der Waals surface area contributed by atoms with E-state index < -0.39 is 10.8 Å². The van der Waals surface area contributed by atoms with Crippen LogP contribution in [0.1, 0.15) is 12.5 Å². The average molecular weight is 257 g/mol. The maximum atomic E-state index is 11.2.